The minimum Gasteiger partial charge on any atom is -0.493 e. The number of carbonyl (C=O) groups is 1. The van der Waals surface area contributed by atoms with Gasteiger partial charge in [0, 0.05) is 32.7 Å². The second-order valence-electron chi connectivity index (χ2n) is 7.36. The van der Waals surface area contributed by atoms with Crippen molar-refractivity contribution in [2.45, 2.75) is 13.2 Å². The van der Waals surface area contributed by atoms with Crippen LogP contribution in [0.2, 0.25) is 0 Å². The Morgan fingerprint density at radius 1 is 1.10 bits per heavy atom. The van der Waals surface area contributed by atoms with Gasteiger partial charge in [-0.2, -0.15) is 8.78 Å². The number of nitrogens with zero attached hydrogens (tertiary/aromatic N) is 3. The van der Waals surface area contributed by atoms with Crippen LogP contribution in [-0.2, 0) is 11.3 Å². The van der Waals surface area contributed by atoms with Crippen molar-refractivity contribution in [3.63, 3.8) is 0 Å². The van der Waals surface area contributed by atoms with Crippen LogP contribution < -0.4 is 14.4 Å². The van der Waals surface area contributed by atoms with E-state index < -0.39 is 6.61 Å². The number of benzene rings is 2. The van der Waals surface area contributed by atoms with Gasteiger partial charge in [-0.25, -0.2) is 4.39 Å². The minimum absolute atomic E-state index is 0.0340. The molecule has 2 aromatic carbocycles. The van der Waals surface area contributed by atoms with E-state index in [0.29, 0.717) is 38.4 Å². The lowest BCUT2D eigenvalue weighted by atomic mass is 10.2. The topological polar surface area (TPSA) is 45.2 Å². The number of hydrogen-bond donors (Lipinski definition) is 0. The van der Waals surface area contributed by atoms with Gasteiger partial charge in [-0.3, -0.25) is 9.69 Å². The molecule has 0 aromatic heterocycles. The molecule has 1 heterocycles. The number of rotatable bonds is 8. The summed E-state index contributed by atoms with van der Waals surface area (Å²) in [6, 6.07) is 11.4. The van der Waals surface area contributed by atoms with Crippen LogP contribution in [0.25, 0.3) is 0 Å². The zero-order valence-corrected chi connectivity index (χ0v) is 17.6. The van der Waals surface area contributed by atoms with E-state index in [0.717, 1.165) is 5.56 Å². The molecule has 1 aliphatic rings. The van der Waals surface area contributed by atoms with E-state index >= 15 is 0 Å². The van der Waals surface area contributed by atoms with Gasteiger partial charge in [-0.15, -0.1) is 0 Å². The van der Waals surface area contributed by atoms with E-state index in [9.17, 15) is 18.0 Å². The summed E-state index contributed by atoms with van der Waals surface area (Å²) in [4.78, 5) is 18.2. The summed E-state index contributed by atoms with van der Waals surface area (Å²) >= 11 is 0. The fourth-order valence-corrected chi connectivity index (χ4v) is 3.61. The van der Waals surface area contributed by atoms with Crippen LogP contribution in [0.3, 0.4) is 0 Å². The molecule has 0 saturated carbocycles. The van der Waals surface area contributed by atoms with Crippen molar-refractivity contribution in [2.24, 2.45) is 0 Å². The third kappa shape index (κ3) is 6.04. The Balaban J connectivity index is 1.52. The van der Waals surface area contributed by atoms with Crippen molar-refractivity contribution in [2.75, 3.05) is 51.8 Å². The molecule has 0 unspecified atom stereocenters. The Morgan fingerprint density at radius 2 is 1.81 bits per heavy atom. The van der Waals surface area contributed by atoms with Crippen LogP contribution in [0.15, 0.2) is 42.5 Å². The lowest BCUT2D eigenvalue weighted by Gasteiger charge is -2.36. The van der Waals surface area contributed by atoms with Gasteiger partial charge in [-0.05, 0) is 36.9 Å². The van der Waals surface area contributed by atoms with Gasteiger partial charge in [-0.1, -0.05) is 18.2 Å². The molecular formula is C22H26F3N3O3. The molecule has 1 amide bonds. The van der Waals surface area contributed by atoms with E-state index in [1.54, 1.807) is 47.2 Å². The van der Waals surface area contributed by atoms with Gasteiger partial charge < -0.3 is 19.3 Å². The molecule has 6 nitrogen and oxygen atoms in total. The molecule has 9 heteroatoms. The Bertz CT molecular complexity index is 889. The summed E-state index contributed by atoms with van der Waals surface area (Å²) in [5.74, 6) is -0.126. The maximum Gasteiger partial charge on any atom is 0.387 e. The highest BCUT2D eigenvalue weighted by Crippen LogP contribution is 2.30. The number of carbonyl (C=O) groups excluding carboxylic acids is 1. The molecule has 3 rings (SSSR count). The largest absolute Gasteiger partial charge is 0.493 e. The third-order valence-corrected chi connectivity index (χ3v) is 5.13. The van der Waals surface area contributed by atoms with Crippen molar-refractivity contribution in [1.82, 2.24) is 9.80 Å². The van der Waals surface area contributed by atoms with Crippen LogP contribution >= 0.6 is 0 Å². The van der Waals surface area contributed by atoms with Crippen molar-refractivity contribution in [1.29, 1.82) is 0 Å². The standard InChI is InChI=1S/C22H26F3N3O3/c1-26(14-16-7-8-19(30-2)20(13-16)31-22(24)25)15-21(29)28-11-9-27(10-12-28)18-6-4-3-5-17(18)23/h3-8,13,22H,9-12,14-15H2,1-2H3. The molecule has 0 spiro atoms. The fourth-order valence-electron chi connectivity index (χ4n) is 3.61. The zero-order chi connectivity index (χ0) is 22.4. The first-order valence-corrected chi connectivity index (χ1v) is 9.95. The Labute approximate surface area is 179 Å². The van der Waals surface area contributed by atoms with Crippen molar-refractivity contribution < 1.29 is 27.4 Å². The Kier molecular flexibility index (Phi) is 7.62. The van der Waals surface area contributed by atoms with Crippen LogP contribution in [-0.4, -0.2) is 69.2 Å². The summed E-state index contributed by atoms with van der Waals surface area (Å²) < 4.78 is 48.7. The summed E-state index contributed by atoms with van der Waals surface area (Å²) in [7, 11) is 3.16. The maximum absolute atomic E-state index is 14.0. The molecule has 0 atom stereocenters. The lowest BCUT2D eigenvalue weighted by molar-refractivity contribution is -0.132. The van der Waals surface area contributed by atoms with E-state index in [1.807, 2.05) is 4.90 Å². The molecule has 0 aliphatic carbocycles. The van der Waals surface area contributed by atoms with E-state index in [1.165, 1.54) is 19.2 Å². The van der Waals surface area contributed by atoms with Crippen LogP contribution in [0, 0.1) is 5.82 Å². The second-order valence-corrected chi connectivity index (χ2v) is 7.36. The van der Waals surface area contributed by atoms with Gasteiger partial charge in [0.05, 0.1) is 19.3 Å². The highest BCUT2D eigenvalue weighted by atomic mass is 19.3. The first-order valence-electron chi connectivity index (χ1n) is 9.95. The minimum atomic E-state index is -2.95. The molecule has 0 bridgehead atoms. The van der Waals surface area contributed by atoms with E-state index in [-0.39, 0.29) is 29.8 Å². The monoisotopic (exact) mass is 437 g/mol. The smallest absolute Gasteiger partial charge is 0.387 e. The van der Waals surface area contributed by atoms with Crippen LogP contribution in [0.5, 0.6) is 11.5 Å². The number of ether oxygens (including phenoxy) is 2. The van der Waals surface area contributed by atoms with E-state index in [4.69, 9.17) is 4.74 Å². The quantitative estimate of drug-likeness (QED) is 0.635. The number of likely N-dealkylation sites (N-methyl/N-ethyl adjacent to an activating group) is 1. The molecule has 168 valence electrons. The molecule has 0 radical (unpaired) electrons. The fraction of sp³-hybridized carbons (Fsp3) is 0.409. The Morgan fingerprint density at radius 3 is 2.45 bits per heavy atom. The van der Waals surface area contributed by atoms with Gasteiger partial charge in [0.15, 0.2) is 11.5 Å². The zero-order valence-electron chi connectivity index (χ0n) is 17.6. The SMILES string of the molecule is COc1ccc(CN(C)CC(=O)N2CCN(c3ccccc3F)CC2)cc1OC(F)F. The molecule has 1 fully saturated rings. The summed E-state index contributed by atoms with van der Waals surface area (Å²) in [6.07, 6.45) is 0. The normalized spacial score (nSPS) is 14.3. The molecule has 1 aliphatic heterocycles. The molecular weight excluding hydrogens is 411 g/mol. The summed E-state index contributed by atoms with van der Waals surface area (Å²) in [5, 5.41) is 0. The second kappa shape index (κ2) is 10.4. The van der Waals surface area contributed by atoms with Crippen LogP contribution in [0.1, 0.15) is 5.56 Å². The lowest BCUT2D eigenvalue weighted by Crippen LogP contribution is -2.51. The predicted molar refractivity (Wildman–Crippen MR) is 111 cm³/mol. The first kappa shape index (κ1) is 22.7. The predicted octanol–water partition coefficient (Wildman–Crippen LogP) is 3.22. The molecule has 1 saturated heterocycles. The summed E-state index contributed by atoms with van der Waals surface area (Å²) in [5.41, 5.74) is 1.27. The summed E-state index contributed by atoms with van der Waals surface area (Å²) in [6.45, 7) is -0.258. The van der Waals surface area contributed by atoms with Gasteiger partial charge >= 0.3 is 6.61 Å². The molecule has 31 heavy (non-hydrogen) atoms. The van der Waals surface area contributed by atoms with Crippen molar-refractivity contribution in [3.05, 3.63) is 53.8 Å². The number of amides is 1. The number of piperazine rings is 1. The average molecular weight is 437 g/mol. The van der Waals surface area contributed by atoms with Crippen molar-refractivity contribution >= 4 is 11.6 Å². The first-order chi connectivity index (χ1) is 14.9. The average Bonchev–Trinajstić information content (AvgIpc) is 2.74. The van der Waals surface area contributed by atoms with Crippen molar-refractivity contribution in [3.8, 4) is 11.5 Å². The van der Waals surface area contributed by atoms with Gasteiger partial charge in [0.2, 0.25) is 5.91 Å². The maximum atomic E-state index is 14.0. The number of hydrogen-bond acceptors (Lipinski definition) is 5. The van der Waals surface area contributed by atoms with E-state index in [2.05, 4.69) is 4.74 Å². The third-order valence-electron chi connectivity index (χ3n) is 5.13. The number of para-hydroxylation sites is 1. The van der Waals surface area contributed by atoms with Gasteiger partial charge in [0.25, 0.3) is 0 Å². The van der Waals surface area contributed by atoms with Gasteiger partial charge in [0.1, 0.15) is 5.82 Å². The molecule has 2 aromatic rings. The number of halogens is 3. The number of anilines is 1. The Hall–Kier alpha value is -2.94. The van der Waals surface area contributed by atoms with Crippen LogP contribution in [0.4, 0.5) is 18.9 Å². The number of methoxy groups -OCH3 is 1. The molecule has 0 N–H and O–H groups in total. The number of alkyl halides is 2. The highest BCUT2D eigenvalue weighted by molar-refractivity contribution is 5.78. The highest BCUT2D eigenvalue weighted by Gasteiger charge is 2.23.